The van der Waals surface area contributed by atoms with Crippen LogP contribution in [0, 0.1) is 11.7 Å². The lowest BCUT2D eigenvalue weighted by atomic mass is 9.96. The number of aliphatic hydroxyl groups is 1. The smallest absolute Gasteiger partial charge is 0.323 e. The van der Waals surface area contributed by atoms with E-state index < -0.39 is 24.0 Å². The van der Waals surface area contributed by atoms with Gasteiger partial charge in [-0.05, 0) is 56.2 Å². The predicted molar refractivity (Wildman–Crippen MR) is 155 cm³/mol. The molecule has 11 heteroatoms. The quantitative estimate of drug-likeness (QED) is 0.386. The van der Waals surface area contributed by atoms with Crippen molar-refractivity contribution in [3.63, 3.8) is 0 Å². The van der Waals surface area contributed by atoms with Crippen LogP contribution in [-0.4, -0.2) is 77.8 Å². The van der Waals surface area contributed by atoms with Gasteiger partial charge in [0.15, 0.2) is 5.75 Å². The zero-order chi connectivity index (χ0) is 29.5. The number of nitrogens with zero attached hydrogens (tertiary/aromatic N) is 2. The van der Waals surface area contributed by atoms with Crippen LogP contribution in [0.1, 0.15) is 56.3 Å². The van der Waals surface area contributed by atoms with Crippen LogP contribution in [0.4, 0.5) is 25.4 Å². The predicted octanol–water partition coefficient (Wildman–Crippen LogP) is 4.66. The van der Waals surface area contributed by atoms with E-state index in [0.717, 1.165) is 25.7 Å². The zero-order valence-corrected chi connectivity index (χ0v) is 23.9. The SMILES string of the molecule is C[C@@H]1CN([C@H](C)CO)C(=O)c2cccc(NC(=O)Nc3ccc(F)cc3)c2O[C@@H]1CN(C)C(=O)NC1CCCCC1. The number of carbonyl (C=O) groups is 3. The molecule has 10 nitrogen and oxygen atoms in total. The number of likely N-dealkylation sites (N-methyl/N-ethyl adjacent to an activating group) is 1. The fraction of sp³-hybridized carbons (Fsp3) is 0.500. The van der Waals surface area contributed by atoms with Crippen molar-refractivity contribution in [3.8, 4) is 5.75 Å². The van der Waals surface area contributed by atoms with Crippen LogP contribution < -0.4 is 20.7 Å². The minimum atomic E-state index is -0.600. The van der Waals surface area contributed by atoms with Gasteiger partial charge in [-0.15, -0.1) is 0 Å². The molecule has 1 aliphatic carbocycles. The topological polar surface area (TPSA) is 123 Å². The Morgan fingerprint density at radius 1 is 1.12 bits per heavy atom. The highest BCUT2D eigenvalue weighted by Crippen LogP contribution is 2.35. The summed E-state index contributed by atoms with van der Waals surface area (Å²) >= 11 is 0. The molecule has 4 rings (SSSR count). The molecule has 0 radical (unpaired) electrons. The summed E-state index contributed by atoms with van der Waals surface area (Å²) in [5.41, 5.74) is 0.885. The number of fused-ring (bicyclic) bond motifs is 1. The Balaban J connectivity index is 1.59. The zero-order valence-electron chi connectivity index (χ0n) is 23.9. The van der Waals surface area contributed by atoms with Crippen LogP contribution in [0.3, 0.4) is 0 Å². The Labute approximate surface area is 240 Å². The third-order valence-corrected chi connectivity index (χ3v) is 7.77. The summed E-state index contributed by atoms with van der Waals surface area (Å²) in [5, 5.41) is 18.4. The largest absolute Gasteiger partial charge is 0.485 e. The van der Waals surface area contributed by atoms with Crippen LogP contribution in [0.15, 0.2) is 42.5 Å². The van der Waals surface area contributed by atoms with Crippen molar-refractivity contribution in [1.82, 2.24) is 15.1 Å². The van der Waals surface area contributed by atoms with Gasteiger partial charge < -0.3 is 35.6 Å². The van der Waals surface area contributed by atoms with Crippen LogP contribution in [-0.2, 0) is 0 Å². The van der Waals surface area contributed by atoms with Crippen LogP contribution in [0.2, 0.25) is 0 Å². The van der Waals surface area contributed by atoms with Crippen molar-refractivity contribution in [3.05, 3.63) is 53.8 Å². The van der Waals surface area contributed by atoms with E-state index in [4.69, 9.17) is 4.74 Å². The van der Waals surface area contributed by atoms with Gasteiger partial charge in [0.2, 0.25) is 0 Å². The summed E-state index contributed by atoms with van der Waals surface area (Å²) in [6.45, 7) is 4.03. The molecule has 222 valence electrons. The highest BCUT2D eigenvalue weighted by atomic mass is 19.1. The monoisotopic (exact) mass is 569 g/mol. The van der Waals surface area contributed by atoms with E-state index >= 15 is 0 Å². The number of hydrogen-bond donors (Lipinski definition) is 4. The van der Waals surface area contributed by atoms with E-state index in [2.05, 4.69) is 16.0 Å². The van der Waals surface area contributed by atoms with Crippen molar-refractivity contribution in [1.29, 1.82) is 0 Å². The number of hydrogen-bond acceptors (Lipinski definition) is 5. The summed E-state index contributed by atoms with van der Waals surface area (Å²) in [5.74, 6) is -0.795. The first-order chi connectivity index (χ1) is 19.7. The second-order valence-corrected chi connectivity index (χ2v) is 11.1. The van der Waals surface area contributed by atoms with Crippen LogP contribution >= 0.6 is 0 Å². The second-order valence-electron chi connectivity index (χ2n) is 11.1. The molecule has 1 saturated carbocycles. The first-order valence-electron chi connectivity index (χ1n) is 14.2. The summed E-state index contributed by atoms with van der Waals surface area (Å²) in [6, 6.07) is 9.14. The summed E-state index contributed by atoms with van der Waals surface area (Å²) in [4.78, 5) is 42.7. The van der Waals surface area contributed by atoms with Gasteiger partial charge in [0, 0.05) is 31.2 Å². The molecule has 41 heavy (non-hydrogen) atoms. The molecule has 2 aromatic carbocycles. The number of para-hydroxylation sites is 1. The molecule has 0 bridgehead atoms. The van der Waals surface area contributed by atoms with Crippen molar-refractivity contribution < 1.29 is 28.6 Å². The molecule has 0 aromatic heterocycles. The Kier molecular flexibility index (Phi) is 10.0. The molecule has 2 aliphatic rings. The number of carbonyl (C=O) groups excluding carboxylic acids is 3. The molecule has 3 atom stereocenters. The molecular formula is C30H40FN5O5. The van der Waals surface area contributed by atoms with E-state index in [9.17, 15) is 23.9 Å². The fourth-order valence-corrected chi connectivity index (χ4v) is 5.26. The fourth-order valence-electron chi connectivity index (χ4n) is 5.26. The van der Waals surface area contributed by atoms with Crippen LogP contribution in [0.5, 0.6) is 5.75 Å². The molecule has 0 unspecified atom stereocenters. The summed E-state index contributed by atoms with van der Waals surface area (Å²) < 4.78 is 19.7. The van der Waals surface area contributed by atoms with Crippen molar-refractivity contribution >= 4 is 29.3 Å². The van der Waals surface area contributed by atoms with Gasteiger partial charge in [-0.25, -0.2) is 14.0 Å². The summed E-state index contributed by atoms with van der Waals surface area (Å²) in [7, 11) is 1.72. The van der Waals surface area contributed by atoms with E-state index in [-0.39, 0.29) is 54.1 Å². The maximum absolute atomic E-state index is 13.7. The molecule has 2 aromatic rings. The Hall–Kier alpha value is -3.86. The molecule has 1 heterocycles. The van der Waals surface area contributed by atoms with Gasteiger partial charge >= 0.3 is 12.1 Å². The maximum Gasteiger partial charge on any atom is 0.323 e. The molecule has 4 N–H and O–H groups in total. The second kappa shape index (κ2) is 13.7. The van der Waals surface area contributed by atoms with E-state index in [1.807, 2.05) is 6.92 Å². The number of amides is 5. The molecule has 0 spiro atoms. The van der Waals surface area contributed by atoms with E-state index in [0.29, 0.717) is 12.2 Å². The first kappa shape index (κ1) is 30.1. The third kappa shape index (κ3) is 7.66. The number of nitrogens with one attached hydrogen (secondary N) is 3. The van der Waals surface area contributed by atoms with Gasteiger partial charge in [-0.3, -0.25) is 4.79 Å². The normalized spacial score (nSPS) is 20.1. The average molecular weight is 570 g/mol. The number of ether oxygens (including phenoxy) is 1. The van der Waals surface area contributed by atoms with Crippen molar-refractivity contribution in [2.45, 2.75) is 64.1 Å². The number of anilines is 2. The third-order valence-electron chi connectivity index (χ3n) is 7.77. The number of halogens is 1. The molecule has 0 saturated heterocycles. The van der Waals surface area contributed by atoms with Gasteiger partial charge in [0.25, 0.3) is 5.91 Å². The van der Waals surface area contributed by atoms with Gasteiger partial charge in [-0.1, -0.05) is 32.3 Å². The van der Waals surface area contributed by atoms with Gasteiger partial charge in [0.1, 0.15) is 11.9 Å². The standard InChI is InChI=1S/C30H40FN5O5/c1-19-16-36(20(2)18-37)28(38)24-10-7-11-25(34-29(39)32-23-14-12-21(31)13-15-23)27(24)41-26(19)17-35(3)30(40)33-22-8-5-4-6-9-22/h7,10-15,19-20,22,26,37H,4-6,8-9,16-18H2,1-3H3,(H,33,40)(H2,32,34,39)/t19-,20-,26-/m1/s1. The van der Waals surface area contributed by atoms with Crippen molar-refractivity contribution in [2.75, 3.05) is 37.4 Å². The van der Waals surface area contributed by atoms with Gasteiger partial charge in [0.05, 0.1) is 30.4 Å². The molecule has 1 aliphatic heterocycles. The Morgan fingerprint density at radius 3 is 2.51 bits per heavy atom. The lowest BCUT2D eigenvalue weighted by Gasteiger charge is -2.38. The lowest BCUT2D eigenvalue weighted by molar-refractivity contribution is 0.0368. The number of rotatable bonds is 7. The number of aliphatic hydroxyl groups excluding tert-OH is 1. The summed E-state index contributed by atoms with van der Waals surface area (Å²) in [6.07, 6.45) is 4.80. The lowest BCUT2D eigenvalue weighted by Crippen LogP contribution is -2.52. The minimum Gasteiger partial charge on any atom is -0.485 e. The van der Waals surface area contributed by atoms with Crippen LogP contribution in [0.25, 0.3) is 0 Å². The first-order valence-corrected chi connectivity index (χ1v) is 14.2. The molecule has 5 amide bonds. The van der Waals surface area contributed by atoms with Gasteiger partial charge in [-0.2, -0.15) is 0 Å². The molecular weight excluding hydrogens is 529 g/mol. The number of benzene rings is 2. The van der Waals surface area contributed by atoms with E-state index in [1.54, 1.807) is 42.0 Å². The highest BCUT2D eigenvalue weighted by Gasteiger charge is 2.35. The Morgan fingerprint density at radius 2 is 1.83 bits per heavy atom. The minimum absolute atomic E-state index is 0.157. The average Bonchev–Trinajstić information content (AvgIpc) is 2.96. The van der Waals surface area contributed by atoms with E-state index in [1.165, 1.54) is 30.7 Å². The van der Waals surface area contributed by atoms with Crippen molar-refractivity contribution in [2.24, 2.45) is 5.92 Å². The number of urea groups is 2. The maximum atomic E-state index is 13.7. The highest BCUT2D eigenvalue weighted by molar-refractivity contribution is 6.04. The molecule has 1 fully saturated rings. The Bertz CT molecular complexity index is 1220.